The molecule has 14 nitrogen and oxygen atoms in total. The lowest BCUT2D eigenvalue weighted by Crippen LogP contribution is -2.64. The first-order valence-corrected chi connectivity index (χ1v) is 23.4. The number of allylic oxidation sites excluding steroid dienone is 4. The molecule has 3 aliphatic heterocycles. The lowest BCUT2D eigenvalue weighted by atomic mass is 9.82. The molecule has 0 aromatic heterocycles. The van der Waals surface area contributed by atoms with Crippen LogP contribution >= 0.6 is 0 Å². The molecule has 2 saturated heterocycles. The predicted octanol–water partition coefficient (Wildman–Crippen LogP) is 6.12. The van der Waals surface area contributed by atoms with Crippen LogP contribution in [-0.2, 0) is 42.9 Å². The van der Waals surface area contributed by atoms with Crippen LogP contribution in [0.2, 0.25) is 0 Å². The second kappa shape index (κ2) is 23.7. The van der Waals surface area contributed by atoms with Crippen molar-refractivity contribution in [1.82, 2.24) is 4.90 Å². The van der Waals surface area contributed by atoms with E-state index in [0.29, 0.717) is 62.5 Å². The monoisotopic (exact) mass is 908 g/mol. The lowest BCUT2D eigenvalue weighted by Gasteiger charge is -2.47. The average molecular weight is 908 g/mol. The number of piperidine rings is 1. The second-order valence-electron chi connectivity index (χ2n) is 19.1. The summed E-state index contributed by atoms with van der Waals surface area (Å²) in [4.78, 5) is 70.2. The normalized spacial score (nSPS) is 36.3. The van der Waals surface area contributed by atoms with Crippen molar-refractivity contribution in [1.29, 1.82) is 0 Å². The third-order valence-corrected chi connectivity index (χ3v) is 14.0. The van der Waals surface area contributed by atoms with Crippen molar-refractivity contribution in [3.05, 3.63) is 64.8 Å². The summed E-state index contributed by atoms with van der Waals surface area (Å²) < 4.78 is 29.9. The first-order chi connectivity index (χ1) is 30.9. The number of carbonyl (C=O) groups is 5. The molecule has 5 rings (SSSR count). The van der Waals surface area contributed by atoms with Crippen molar-refractivity contribution in [2.24, 2.45) is 23.7 Å². The molecule has 2 bridgehead atoms. The molecule has 3 heterocycles. The molecule has 14 heteroatoms. The van der Waals surface area contributed by atoms with Crippen LogP contribution in [0.4, 0.5) is 0 Å². The molecule has 3 N–H and O–H groups in total. The van der Waals surface area contributed by atoms with Gasteiger partial charge < -0.3 is 43.9 Å². The Bertz CT molecular complexity index is 1910. The Labute approximate surface area is 384 Å². The summed E-state index contributed by atoms with van der Waals surface area (Å²) in [6, 6.07) is 6.04. The highest BCUT2D eigenvalue weighted by atomic mass is 16.7. The number of aliphatic hydroxyl groups excluding tert-OH is 2. The number of cyclic esters (lactones) is 1. The Balaban J connectivity index is 1.52. The number of fused-ring (bicyclic) bond motifs is 3. The maximum absolute atomic E-state index is 14.3. The fourth-order valence-electron chi connectivity index (χ4n) is 10.1. The van der Waals surface area contributed by atoms with E-state index >= 15 is 0 Å². The summed E-state index contributed by atoms with van der Waals surface area (Å²) in [7, 11) is 4.60. The Morgan fingerprint density at radius 2 is 1.55 bits per heavy atom. The van der Waals surface area contributed by atoms with E-state index in [1.165, 1.54) is 26.0 Å². The molecule has 1 aromatic rings. The lowest BCUT2D eigenvalue weighted by molar-refractivity contribution is -0.302. The number of nitrogens with zero attached hydrogens (tertiary/aromatic N) is 1. The molecule has 1 unspecified atom stereocenters. The fraction of sp³-hybridized carbons (Fsp3) is 0.667. The Morgan fingerprint density at radius 3 is 2.22 bits per heavy atom. The van der Waals surface area contributed by atoms with E-state index in [4.69, 9.17) is 23.7 Å². The zero-order valence-electron chi connectivity index (χ0n) is 39.6. The van der Waals surface area contributed by atoms with Crippen molar-refractivity contribution in [2.45, 2.75) is 166 Å². The zero-order chi connectivity index (χ0) is 47.6. The number of ketones is 3. The van der Waals surface area contributed by atoms with Crippen LogP contribution in [0.1, 0.15) is 128 Å². The third-order valence-electron chi connectivity index (χ3n) is 14.0. The van der Waals surface area contributed by atoms with Gasteiger partial charge in [0.1, 0.15) is 24.0 Å². The molecule has 3 fully saturated rings. The predicted molar refractivity (Wildman–Crippen MR) is 243 cm³/mol. The molecule has 65 heavy (non-hydrogen) atoms. The zero-order valence-corrected chi connectivity index (χ0v) is 39.6. The number of amides is 1. The van der Waals surface area contributed by atoms with Crippen molar-refractivity contribution in [3.63, 3.8) is 0 Å². The summed E-state index contributed by atoms with van der Waals surface area (Å²) in [6.07, 6.45) is 6.52. The summed E-state index contributed by atoms with van der Waals surface area (Å²) in [5.74, 6) is -7.30. The van der Waals surface area contributed by atoms with Gasteiger partial charge in [0.2, 0.25) is 5.79 Å². The number of Topliss-reactive ketones (excluding diaryl/α,β-unsaturated/α-hetero) is 3. The van der Waals surface area contributed by atoms with Crippen LogP contribution in [0.3, 0.4) is 0 Å². The van der Waals surface area contributed by atoms with E-state index < -0.39 is 77.9 Å². The van der Waals surface area contributed by atoms with Gasteiger partial charge in [-0.1, -0.05) is 68.0 Å². The van der Waals surface area contributed by atoms with Crippen molar-refractivity contribution >= 4 is 35.3 Å². The van der Waals surface area contributed by atoms with E-state index in [2.05, 4.69) is 0 Å². The molecule has 13 atom stereocenters. The molecule has 1 aromatic carbocycles. The van der Waals surface area contributed by atoms with Crippen LogP contribution in [-0.4, -0.2) is 132 Å². The van der Waals surface area contributed by atoms with Gasteiger partial charge in [0.05, 0.1) is 30.5 Å². The second-order valence-corrected chi connectivity index (χ2v) is 19.1. The Morgan fingerprint density at radius 1 is 0.877 bits per heavy atom. The highest BCUT2D eigenvalue weighted by Crippen LogP contribution is 2.39. The van der Waals surface area contributed by atoms with E-state index in [1.54, 1.807) is 33.1 Å². The topological polar surface area (TPSA) is 195 Å². The maximum Gasteiger partial charge on any atom is 0.329 e. The number of benzene rings is 1. The molecule has 0 radical (unpaired) electrons. The van der Waals surface area contributed by atoms with Crippen molar-refractivity contribution < 1.29 is 63.0 Å². The minimum absolute atomic E-state index is 0.0286. The largest absolute Gasteiger partial charge is 0.456 e. The van der Waals surface area contributed by atoms with Gasteiger partial charge in [-0.25, -0.2) is 4.79 Å². The molecular weight excluding hydrogens is 835 g/mol. The Kier molecular flexibility index (Phi) is 19.0. The van der Waals surface area contributed by atoms with Crippen LogP contribution in [0.15, 0.2) is 53.6 Å². The number of rotatable bonds is 9. The number of hydrogen-bond donors (Lipinski definition) is 3. The smallest absolute Gasteiger partial charge is 0.329 e. The van der Waals surface area contributed by atoms with Gasteiger partial charge >= 0.3 is 5.97 Å². The minimum Gasteiger partial charge on any atom is -0.456 e. The maximum atomic E-state index is 14.3. The number of aliphatic hydroxyl groups is 3. The Hall–Kier alpha value is -3.89. The molecule has 4 aliphatic rings. The van der Waals surface area contributed by atoms with Gasteiger partial charge in [-0.3, -0.25) is 19.2 Å². The van der Waals surface area contributed by atoms with E-state index in [9.17, 15) is 39.3 Å². The summed E-state index contributed by atoms with van der Waals surface area (Å²) in [5, 5.41) is 34.3. The van der Waals surface area contributed by atoms with Crippen molar-refractivity contribution in [3.8, 4) is 0 Å². The number of carbonyl (C=O) groups excluding carboxylic acids is 5. The first kappa shape index (κ1) is 52.1. The van der Waals surface area contributed by atoms with Crippen molar-refractivity contribution in [2.75, 3.05) is 27.9 Å². The average Bonchev–Trinajstić information content (AvgIpc) is 3.28. The molecular formula is C51H73NO13. The molecule has 0 spiro atoms. The van der Waals surface area contributed by atoms with Crippen LogP contribution in [0.25, 0.3) is 6.08 Å². The first-order valence-electron chi connectivity index (χ1n) is 23.4. The standard InChI is InChI=1S/C51H73NO13/c1-30-22-31(2)24-45(62-7)47-46(63-8)26-33(4)51(60,65-47)48(57)49(58)52-21-10-9-14-40(52)50(59)64-43(32(3)25-36-17-20-41(55)44(27-36)61-6)29-39(54)28-42(56)38(23-30)13-11-12-35-15-18-37(19-16-35)34(5)53/h11-12,15-16,18-19,23,25,31,33,36,38-41,43-47,54-55,60H,9-10,13-14,17,20-22,24,26-29H2,1-8H3/b12-11+,30-23+,32-25+/t31-,33+,36-,38?,39-,40-,41+,43-,44+,45-,46-,47+,51+/m0/s1. The molecule has 360 valence electrons. The van der Waals surface area contributed by atoms with Gasteiger partial charge in [-0.2, -0.15) is 0 Å². The summed E-state index contributed by atoms with van der Waals surface area (Å²) in [5.41, 5.74) is 3.02. The number of hydrogen-bond acceptors (Lipinski definition) is 13. The highest BCUT2D eigenvalue weighted by Gasteiger charge is 2.56. The minimum atomic E-state index is -2.53. The van der Waals surface area contributed by atoms with E-state index in [0.717, 1.165) is 11.1 Å². The summed E-state index contributed by atoms with van der Waals surface area (Å²) >= 11 is 0. The molecule has 1 aliphatic carbocycles. The SMILES string of the molecule is CO[C@H]1C[C@@H](C)C/C(C)=C/C(C/C=C/c2ccc(C(C)=O)cc2)C(=O)C[C@H](O)C[C@@H](/C(C)=C/[C@@H]2CC[C@@H](O)[C@H](OC)C2)OC(=O)[C@@H]2CCCCN2C(=O)C(=O)[C@]2(O)O[C@H]1[C@@H](OC)C[C@H]2C. The van der Waals surface area contributed by atoms with Crippen LogP contribution in [0, 0.1) is 23.7 Å². The number of esters is 1. The number of ether oxygens (including phenoxy) is 5. The van der Waals surface area contributed by atoms with E-state index in [1.807, 2.05) is 50.3 Å². The molecule has 1 amide bonds. The number of methoxy groups -OCH3 is 3. The quantitative estimate of drug-likeness (QED) is 0.111. The highest BCUT2D eigenvalue weighted by molar-refractivity contribution is 6.39. The third kappa shape index (κ3) is 13.4. The fourth-order valence-corrected chi connectivity index (χ4v) is 10.1. The summed E-state index contributed by atoms with van der Waals surface area (Å²) in [6.45, 7) is 8.99. The van der Waals surface area contributed by atoms with Gasteiger partial charge in [0.15, 0.2) is 5.78 Å². The van der Waals surface area contributed by atoms with E-state index in [-0.39, 0.29) is 61.7 Å². The van der Waals surface area contributed by atoms with Crippen LogP contribution < -0.4 is 0 Å². The van der Waals surface area contributed by atoms with Gasteiger partial charge in [0.25, 0.3) is 11.7 Å². The van der Waals surface area contributed by atoms with Gasteiger partial charge in [-0.15, -0.1) is 0 Å². The molecule has 1 saturated carbocycles. The van der Waals surface area contributed by atoms with Gasteiger partial charge in [0, 0.05) is 58.1 Å². The van der Waals surface area contributed by atoms with Gasteiger partial charge in [-0.05, 0) is 108 Å². The van der Waals surface area contributed by atoms with Crippen LogP contribution in [0.5, 0.6) is 0 Å².